The maximum absolute atomic E-state index is 12.9. The van der Waals surface area contributed by atoms with Gasteiger partial charge in [0.25, 0.3) is 5.91 Å². The van der Waals surface area contributed by atoms with Gasteiger partial charge < -0.3 is 15.4 Å². The minimum absolute atomic E-state index is 0.0931. The van der Waals surface area contributed by atoms with Crippen molar-refractivity contribution >= 4 is 27.5 Å². The minimum Gasteiger partial charge on any atom is -0.465 e. The van der Waals surface area contributed by atoms with Crippen LogP contribution in [-0.4, -0.2) is 76.4 Å². The molecule has 0 saturated carbocycles. The van der Waals surface area contributed by atoms with Crippen LogP contribution in [0.15, 0.2) is 79.0 Å². The van der Waals surface area contributed by atoms with Crippen LogP contribution in [0.4, 0.5) is 10.5 Å². The number of imidazole rings is 1. The van der Waals surface area contributed by atoms with Crippen molar-refractivity contribution in [3.05, 3.63) is 95.9 Å². The molecule has 0 aliphatic carbocycles. The number of hydrogen-bond acceptors (Lipinski definition) is 6. The first-order valence-electron chi connectivity index (χ1n) is 14.8. The molecule has 1 aromatic heterocycles. The highest BCUT2D eigenvalue weighted by atomic mass is 32.2. The number of carbonyl (C=O) groups is 2. The summed E-state index contributed by atoms with van der Waals surface area (Å²) in [4.78, 5) is 35.8. The molecular formula is C33H35N5O5S. The molecule has 11 heteroatoms. The number of nitrogens with zero attached hydrogens (tertiary/aromatic N) is 3. The van der Waals surface area contributed by atoms with E-state index in [-0.39, 0.29) is 29.5 Å². The molecule has 2 saturated heterocycles. The van der Waals surface area contributed by atoms with E-state index in [4.69, 9.17) is 0 Å². The Kier molecular flexibility index (Phi) is 8.24. The molecule has 2 aliphatic rings. The Labute approximate surface area is 256 Å². The van der Waals surface area contributed by atoms with Crippen LogP contribution in [0.5, 0.6) is 0 Å². The van der Waals surface area contributed by atoms with Gasteiger partial charge in [0, 0.05) is 36.9 Å². The molecule has 228 valence electrons. The van der Waals surface area contributed by atoms with Gasteiger partial charge in [0.15, 0.2) is 9.84 Å². The minimum atomic E-state index is -2.92. The zero-order valence-electron chi connectivity index (χ0n) is 24.4. The Balaban J connectivity index is 1.06. The van der Waals surface area contributed by atoms with Gasteiger partial charge in [0.2, 0.25) is 0 Å². The van der Waals surface area contributed by atoms with Gasteiger partial charge in [0.1, 0.15) is 5.82 Å². The van der Waals surface area contributed by atoms with Gasteiger partial charge in [-0.3, -0.25) is 14.6 Å². The smallest absolute Gasteiger partial charge is 0.407 e. The fourth-order valence-corrected chi connectivity index (χ4v) is 7.19. The third-order valence-electron chi connectivity index (χ3n) is 8.66. The molecule has 0 radical (unpaired) electrons. The Morgan fingerprint density at radius 1 is 0.909 bits per heavy atom. The second kappa shape index (κ2) is 12.3. The van der Waals surface area contributed by atoms with Crippen LogP contribution in [-0.2, 0) is 9.84 Å². The van der Waals surface area contributed by atoms with Crippen LogP contribution in [0.3, 0.4) is 0 Å². The highest BCUT2D eigenvalue weighted by molar-refractivity contribution is 7.91. The Bertz CT molecular complexity index is 1740. The van der Waals surface area contributed by atoms with Gasteiger partial charge in [-0.25, -0.2) is 18.2 Å². The summed E-state index contributed by atoms with van der Waals surface area (Å²) >= 11 is 0. The first kappa shape index (κ1) is 29.6. The van der Waals surface area contributed by atoms with E-state index in [0.717, 1.165) is 40.8 Å². The summed E-state index contributed by atoms with van der Waals surface area (Å²) in [6.07, 6.45) is 2.40. The summed E-state index contributed by atoms with van der Waals surface area (Å²) in [6, 6.07) is 23.0. The van der Waals surface area contributed by atoms with E-state index < -0.39 is 15.9 Å². The summed E-state index contributed by atoms with van der Waals surface area (Å²) in [5, 5.41) is 12.4. The van der Waals surface area contributed by atoms with Gasteiger partial charge >= 0.3 is 6.09 Å². The zero-order chi connectivity index (χ0) is 30.8. The number of aromatic amines is 1. The van der Waals surface area contributed by atoms with Crippen molar-refractivity contribution in [1.29, 1.82) is 0 Å². The fraction of sp³-hybridized carbons (Fsp3) is 0.303. The Morgan fingerprint density at radius 3 is 2.16 bits per heavy atom. The number of rotatable bonds is 7. The van der Waals surface area contributed by atoms with Crippen molar-refractivity contribution in [2.75, 3.05) is 36.5 Å². The summed E-state index contributed by atoms with van der Waals surface area (Å²) in [5.41, 5.74) is 6.08. The fourth-order valence-electron chi connectivity index (χ4n) is 5.96. The van der Waals surface area contributed by atoms with E-state index in [9.17, 15) is 23.1 Å². The number of carbonyl (C=O) groups excluding carboxylic acids is 1. The second-order valence-electron chi connectivity index (χ2n) is 11.4. The van der Waals surface area contributed by atoms with Crippen LogP contribution < -0.4 is 5.32 Å². The highest BCUT2D eigenvalue weighted by Crippen LogP contribution is 2.32. The number of carboxylic acid groups (broad SMARTS) is 1. The number of hydrogen-bond donors (Lipinski definition) is 3. The molecule has 4 aromatic rings. The van der Waals surface area contributed by atoms with Crippen molar-refractivity contribution in [2.24, 2.45) is 0 Å². The van der Waals surface area contributed by atoms with Crippen molar-refractivity contribution in [2.45, 2.75) is 31.8 Å². The van der Waals surface area contributed by atoms with E-state index in [1.807, 2.05) is 60.7 Å². The van der Waals surface area contributed by atoms with Gasteiger partial charge in [-0.2, -0.15) is 0 Å². The van der Waals surface area contributed by atoms with Crippen molar-refractivity contribution in [3.63, 3.8) is 0 Å². The van der Waals surface area contributed by atoms with E-state index in [1.54, 1.807) is 18.3 Å². The van der Waals surface area contributed by atoms with Gasteiger partial charge in [-0.15, -0.1) is 0 Å². The van der Waals surface area contributed by atoms with Crippen LogP contribution >= 0.6 is 0 Å². The lowest BCUT2D eigenvalue weighted by Gasteiger charge is -2.32. The predicted octanol–water partition coefficient (Wildman–Crippen LogP) is 5.60. The largest absolute Gasteiger partial charge is 0.465 e. The lowest BCUT2D eigenvalue weighted by atomic mass is 10.0. The monoisotopic (exact) mass is 613 g/mol. The molecule has 0 spiro atoms. The van der Waals surface area contributed by atoms with Gasteiger partial charge in [-0.05, 0) is 66.3 Å². The molecule has 2 aliphatic heterocycles. The van der Waals surface area contributed by atoms with Crippen molar-refractivity contribution in [3.8, 4) is 22.4 Å². The molecule has 0 bridgehead atoms. The lowest BCUT2D eigenvalue weighted by Crippen LogP contribution is -2.41. The topological polar surface area (TPSA) is 136 Å². The normalized spacial score (nSPS) is 19.0. The molecule has 2 atom stereocenters. The molecule has 10 nitrogen and oxygen atoms in total. The quantitative estimate of drug-likeness (QED) is 0.247. The molecule has 3 N–H and O–H groups in total. The van der Waals surface area contributed by atoms with Crippen LogP contribution in [0.1, 0.15) is 53.6 Å². The summed E-state index contributed by atoms with van der Waals surface area (Å²) < 4.78 is 23.5. The molecule has 44 heavy (non-hydrogen) atoms. The standard InChI is InChI=1S/C33H35N5O5S/c1-22(37-17-19-44(42,43)20-18-37)23-12-14-28(15-13-23)35-32(39)27-10-6-25(7-11-27)24-4-8-26(9-5-24)29-21-34-31(36-29)30-3-2-16-38(30)33(40)41/h4-15,21-22,30H,2-3,16-20H2,1H3,(H,34,36)(H,35,39)(H,40,41)/t22?,30-/m0/s1. The van der Waals surface area contributed by atoms with Gasteiger partial charge in [0.05, 0.1) is 29.4 Å². The van der Waals surface area contributed by atoms with Gasteiger partial charge in [-0.1, -0.05) is 48.5 Å². The van der Waals surface area contributed by atoms with Crippen LogP contribution in [0.25, 0.3) is 22.4 Å². The van der Waals surface area contributed by atoms with Crippen molar-refractivity contribution in [1.82, 2.24) is 19.8 Å². The number of nitrogens with one attached hydrogen (secondary N) is 2. The van der Waals surface area contributed by atoms with E-state index in [1.165, 1.54) is 4.90 Å². The molecule has 3 aromatic carbocycles. The van der Waals surface area contributed by atoms with Crippen molar-refractivity contribution < 1.29 is 23.1 Å². The predicted molar refractivity (Wildman–Crippen MR) is 169 cm³/mol. The summed E-state index contributed by atoms with van der Waals surface area (Å²) in [5.74, 6) is 0.852. The maximum atomic E-state index is 12.9. The second-order valence-corrected chi connectivity index (χ2v) is 13.7. The first-order chi connectivity index (χ1) is 21.2. The van der Waals surface area contributed by atoms with E-state index in [0.29, 0.717) is 36.7 Å². The highest BCUT2D eigenvalue weighted by Gasteiger charge is 2.32. The number of H-pyrrole nitrogens is 1. The third-order valence-corrected chi connectivity index (χ3v) is 10.3. The molecule has 2 amide bonds. The molecular weight excluding hydrogens is 578 g/mol. The van der Waals surface area contributed by atoms with E-state index >= 15 is 0 Å². The molecule has 2 fully saturated rings. The Hall–Kier alpha value is -4.48. The van der Waals surface area contributed by atoms with E-state index in [2.05, 4.69) is 27.1 Å². The number of benzene rings is 3. The first-order valence-corrected chi connectivity index (χ1v) is 16.6. The number of sulfone groups is 1. The summed E-state index contributed by atoms with van der Waals surface area (Å²) in [7, 11) is -2.92. The average Bonchev–Trinajstić information content (AvgIpc) is 3.72. The number of anilines is 1. The zero-order valence-corrected chi connectivity index (χ0v) is 25.3. The number of amides is 2. The molecule has 6 rings (SSSR count). The summed E-state index contributed by atoms with van der Waals surface area (Å²) in [6.45, 7) is 3.65. The molecule has 1 unspecified atom stereocenters. The maximum Gasteiger partial charge on any atom is 0.407 e. The average molecular weight is 614 g/mol. The third kappa shape index (κ3) is 6.39. The SMILES string of the molecule is CC(c1ccc(NC(=O)c2ccc(-c3ccc(-c4cnc([C@@H]5CCCN5C(=O)O)[nH]4)cc3)cc2)cc1)N1CCS(=O)(=O)CC1. The number of aromatic nitrogens is 2. The lowest BCUT2D eigenvalue weighted by molar-refractivity contribution is 0.102. The van der Waals surface area contributed by atoms with Crippen LogP contribution in [0.2, 0.25) is 0 Å². The Morgan fingerprint density at radius 2 is 1.52 bits per heavy atom. The number of likely N-dealkylation sites (tertiary alicyclic amines) is 1. The molecule has 3 heterocycles. The van der Waals surface area contributed by atoms with Crippen LogP contribution in [0, 0.1) is 0 Å².